The molecular formula is C35H33N3O6. The number of nitrogens with zero attached hydrogens (tertiary/aromatic N) is 2. The fourth-order valence-corrected chi connectivity index (χ4v) is 5.02. The lowest BCUT2D eigenvalue weighted by Gasteiger charge is -2.37. The molecular weight excluding hydrogens is 558 g/mol. The van der Waals surface area contributed by atoms with E-state index in [-0.39, 0.29) is 19.1 Å². The first-order valence-electron chi connectivity index (χ1n) is 14.0. The molecule has 1 atom stereocenters. The summed E-state index contributed by atoms with van der Waals surface area (Å²) in [5.74, 6) is 0.984. The van der Waals surface area contributed by atoms with Gasteiger partial charge < -0.3 is 23.9 Å². The first-order chi connectivity index (χ1) is 21.4. The number of carbonyl (C=O) groups excluding carboxylic acids is 1. The van der Waals surface area contributed by atoms with Crippen LogP contribution in [0.2, 0.25) is 0 Å². The van der Waals surface area contributed by atoms with Crippen LogP contribution in [-0.4, -0.2) is 47.5 Å². The average Bonchev–Trinajstić information content (AvgIpc) is 3.07. The number of nitrogens with one attached hydrogen (secondary N) is 1. The molecule has 1 aromatic heterocycles. The summed E-state index contributed by atoms with van der Waals surface area (Å²) < 4.78 is 19.1. The van der Waals surface area contributed by atoms with Gasteiger partial charge in [-0.2, -0.15) is 4.98 Å². The number of hydrogen-bond acceptors (Lipinski definition) is 7. The van der Waals surface area contributed by atoms with E-state index in [0.717, 1.165) is 16.7 Å². The van der Waals surface area contributed by atoms with Gasteiger partial charge in [0, 0.05) is 17.8 Å². The van der Waals surface area contributed by atoms with Crippen LogP contribution in [0.1, 0.15) is 27.0 Å². The third-order valence-electron chi connectivity index (χ3n) is 7.22. The number of benzene rings is 4. The van der Waals surface area contributed by atoms with E-state index in [0.29, 0.717) is 17.1 Å². The zero-order valence-corrected chi connectivity index (χ0v) is 24.4. The first kappa shape index (κ1) is 30.2. The molecule has 5 aromatic rings. The van der Waals surface area contributed by atoms with Crippen molar-refractivity contribution in [2.45, 2.75) is 18.2 Å². The van der Waals surface area contributed by atoms with Crippen LogP contribution in [0, 0.1) is 0 Å². The molecule has 2 N–H and O–H groups in total. The highest BCUT2D eigenvalue weighted by atomic mass is 16.5. The van der Waals surface area contributed by atoms with E-state index in [1.165, 1.54) is 16.8 Å². The van der Waals surface area contributed by atoms with E-state index in [4.69, 9.17) is 14.2 Å². The summed E-state index contributed by atoms with van der Waals surface area (Å²) in [6.45, 7) is -0.112. The molecule has 0 radical (unpaired) electrons. The summed E-state index contributed by atoms with van der Waals surface area (Å²) in [7, 11) is 3.22. The second-order valence-corrected chi connectivity index (χ2v) is 10.0. The summed E-state index contributed by atoms with van der Waals surface area (Å²) in [4.78, 5) is 28.9. The normalized spacial score (nSPS) is 11.9. The minimum Gasteiger partial charge on any atom is -0.497 e. The highest BCUT2D eigenvalue weighted by molar-refractivity contribution is 6.03. The molecule has 224 valence electrons. The summed E-state index contributed by atoms with van der Waals surface area (Å²) in [5.41, 5.74) is 1.27. The predicted molar refractivity (Wildman–Crippen MR) is 167 cm³/mol. The summed E-state index contributed by atoms with van der Waals surface area (Å²) in [6.07, 6.45) is 0.433. The maximum absolute atomic E-state index is 12.8. The van der Waals surface area contributed by atoms with Gasteiger partial charge in [0.2, 0.25) is 5.95 Å². The molecule has 0 bridgehead atoms. The highest BCUT2D eigenvalue weighted by Crippen LogP contribution is 2.41. The maximum Gasteiger partial charge on any atom is 0.274 e. The van der Waals surface area contributed by atoms with Crippen molar-refractivity contribution in [1.29, 1.82) is 0 Å². The van der Waals surface area contributed by atoms with Crippen LogP contribution in [-0.2, 0) is 16.9 Å². The fourth-order valence-electron chi connectivity index (χ4n) is 5.02. The van der Waals surface area contributed by atoms with Crippen molar-refractivity contribution in [3.63, 3.8) is 0 Å². The topological polar surface area (TPSA) is 112 Å². The largest absolute Gasteiger partial charge is 0.497 e. The molecule has 0 spiro atoms. The van der Waals surface area contributed by atoms with Gasteiger partial charge in [0.05, 0.1) is 33.5 Å². The number of hydrogen-bond donors (Lipinski definition) is 2. The molecule has 4 aromatic carbocycles. The van der Waals surface area contributed by atoms with E-state index >= 15 is 0 Å². The van der Waals surface area contributed by atoms with E-state index in [1.54, 1.807) is 44.6 Å². The van der Waals surface area contributed by atoms with Gasteiger partial charge in [-0.05, 0) is 53.1 Å². The molecule has 0 aliphatic rings. The van der Waals surface area contributed by atoms with Crippen molar-refractivity contribution in [3.05, 3.63) is 154 Å². The minimum atomic E-state index is -1.12. The lowest BCUT2D eigenvalue weighted by atomic mass is 9.80. The number of aliphatic hydroxyl groups is 1. The van der Waals surface area contributed by atoms with Crippen molar-refractivity contribution in [1.82, 2.24) is 9.55 Å². The monoisotopic (exact) mass is 591 g/mol. The zero-order valence-electron chi connectivity index (χ0n) is 24.4. The minimum absolute atomic E-state index is 0.00617. The highest BCUT2D eigenvalue weighted by Gasteiger charge is 2.38. The number of amides is 1. The van der Waals surface area contributed by atoms with Gasteiger partial charge in [-0.1, -0.05) is 72.8 Å². The Hall–Kier alpha value is -5.25. The Morgan fingerprint density at radius 1 is 0.795 bits per heavy atom. The molecule has 0 unspecified atom stereocenters. The molecule has 44 heavy (non-hydrogen) atoms. The zero-order chi connectivity index (χ0) is 30.9. The van der Waals surface area contributed by atoms with E-state index in [1.807, 2.05) is 78.9 Å². The number of ether oxygens (including phenoxy) is 3. The Balaban J connectivity index is 1.47. The lowest BCUT2D eigenvalue weighted by Crippen LogP contribution is -2.37. The molecule has 1 heterocycles. The summed E-state index contributed by atoms with van der Waals surface area (Å²) in [6, 6.07) is 34.8. The smallest absolute Gasteiger partial charge is 0.274 e. The molecule has 5 rings (SSSR count). The first-order valence-corrected chi connectivity index (χ1v) is 14.0. The van der Waals surface area contributed by atoms with Gasteiger partial charge in [-0.15, -0.1) is 0 Å². The Morgan fingerprint density at radius 2 is 1.32 bits per heavy atom. The van der Waals surface area contributed by atoms with Crippen molar-refractivity contribution in [2.24, 2.45) is 0 Å². The van der Waals surface area contributed by atoms with Crippen LogP contribution in [0.4, 0.5) is 5.95 Å². The number of aliphatic hydroxyl groups excluding tert-OH is 1. The summed E-state index contributed by atoms with van der Waals surface area (Å²) >= 11 is 0. The molecule has 0 saturated carbocycles. The number of carbonyl (C=O) groups is 1. The molecule has 1 amide bonds. The number of aromatic nitrogens is 2. The third kappa shape index (κ3) is 6.70. The second-order valence-electron chi connectivity index (χ2n) is 10.0. The fraction of sp³-hybridized carbons (Fsp3) is 0.171. The van der Waals surface area contributed by atoms with E-state index in [2.05, 4.69) is 10.3 Å². The molecule has 0 aliphatic carbocycles. The van der Waals surface area contributed by atoms with Crippen LogP contribution in [0.5, 0.6) is 11.5 Å². The number of rotatable bonds is 12. The van der Waals surface area contributed by atoms with Gasteiger partial charge in [0.15, 0.2) is 0 Å². The van der Waals surface area contributed by atoms with Crippen molar-refractivity contribution < 1.29 is 24.1 Å². The van der Waals surface area contributed by atoms with Crippen LogP contribution < -0.4 is 20.3 Å². The lowest BCUT2D eigenvalue weighted by molar-refractivity contribution is -0.0422. The Bertz CT molecular complexity index is 1680. The molecule has 9 nitrogen and oxygen atoms in total. The van der Waals surface area contributed by atoms with Crippen molar-refractivity contribution in [3.8, 4) is 11.5 Å². The predicted octanol–water partition coefficient (Wildman–Crippen LogP) is 4.88. The number of methoxy groups -OCH3 is 2. The third-order valence-corrected chi connectivity index (χ3v) is 7.22. The standard InChI is InChI=1S/C35H33N3O6/c1-42-30-17-13-27(14-18-30)35(26-11-7-4-8-12-26,28-15-19-31(43-2)20-16-28)44-24-29(39)23-38-22-21-32(40)36-34(38)37-33(41)25-9-5-3-6-10-25/h3-22,29,39H,23-24H2,1-2H3,(H,36,37,40,41)/t29-/m1/s1. The number of anilines is 1. The molecule has 0 aliphatic heterocycles. The van der Waals surface area contributed by atoms with Gasteiger partial charge in [0.1, 0.15) is 17.1 Å². The SMILES string of the molecule is COc1ccc(C(OC[C@H](O)Cn2ccc(=O)nc2NC(=O)c2ccccc2)(c2ccccc2)c2ccc(OC)cc2)cc1. The van der Waals surface area contributed by atoms with Gasteiger partial charge in [0.25, 0.3) is 11.5 Å². The quantitative estimate of drug-likeness (QED) is 0.199. The Morgan fingerprint density at radius 3 is 1.86 bits per heavy atom. The van der Waals surface area contributed by atoms with Crippen LogP contribution in [0.15, 0.2) is 126 Å². The van der Waals surface area contributed by atoms with Gasteiger partial charge in [-0.25, -0.2) is 0 Å². The van der Waals surface area contributed by atoms with E-state index < -0.39 is 23.2 Å². The van der Waals surface area contributed by atoms with Crippen LogP contribution in [0.3, 0.4) is 0 Å². The van der Waals surface area contributed by atoms with Gasteiger partial charge in [-0.3, -0.25) is 14.9 Å². The second kappa shape index (κ2) is 13.8. The van der Waals surface area contributed by atoms with Crippen LogP contribution in [0.25, 0.3) is 0 Å². The Kier molecular flexibility index (Phi) is 9.49. The Labute approximate surface area is 255 Å². The summed E-state index contributed by atoms with van der Waals surface area (Å²) in [5, 5.41) is 14.0. The molecule has 0 fully saturated rings. The maximum atomic E-state index is 12.8. The molecule has 0 saturated heterocycles. The molecule has 9 heteroatoms. The van der Waals surface area contributed by atoms with E-state index in [9.17, 15) is 14.7 Å². The van der Waals surface area contributed by atoms with Gasteiger partial charge >= 0.3 is 0 Å². The van der Waals surface area contributed by atoms with Crippen LogP contribution >= 0.6 is 0 Å². The van der Waals surface area contributed by atoms with Crippen molar-refractivity contribution in [2.75, 3.05) is 26.1 Å². The average molecular weight is 592 g/mol. The van der Waals surface area contributed by atoms with Crippen molar-refractivity contribution >= 4 is 11.9 Å².